The predicted octanol–water partition coefficient (Wildman–Crippen LogP) is 1.33. The molecule has 2 rings (SSSR count). The summed E-state index contributed by atoms with van der Waals surface area (Å²) in [6, 6.07) is 5.55. The first kappa shape index (κ1) is 21.3. The van der Waals surface area contributed by atoms with E-state index in [0.717, 1.165) is 0 Å². The van der Waals surface area contributed by atoms with Crippen molar-refractivity contribution < 1.29 is 27.9 Å². The molecular formula is C18H26N2O6S. The number of amides is 1. The van der Waals surface area contributed by atoms with Crippen LogP contribution in [0, 0.1) is 5.92 Å². The van der Waals surface area contributed by atoms with Crippen LogP contribution in [0.4, 0.5) is 0 Å². The maximum atomic E-state index is 12.8. The van der Waals surface area contributed by atoms with Crippen LogP contribution in [0.1, 0.15) is 37.0 Å². The van der Waals surface area contributed by atoms with Gasteiger partial charge in [-0.3, -0.25) is 4.79 Å². The number of methoxy groups -OCH3 is 1. The Bertz CT molecular complexity index is 798. The molecule has 1 aromatic rings. The van der Waals surface area contributed by atoms with Crippen LogP contribution in [0.25, 0.3) is 0 Å². The lowest BCUT2D eigenvalue weighted by Crippen LogP contribution is -2.51. The summed E-state index contributed by atoms with van der Waals surface area (Å²) in [6.45, 7) is 4.42. The third-order valence-corrected chi connectivity index (χ3v) is 6.48. The number of carboxylic acid groups (broad SMARTS) is 1. The van der Waals surface area contributed by atoms with Crippen molar-refractivity contribution in [2.75, 3.05) is 26.8 Å². The Labute approximate surface area is 159 Å². The summed E-state index contributed by atoms with van der Waals surface area (Å²) in [6.07, 6.45) is 0.757. The van der Waals surface area contributed by atoms with Gasteiger partial charge in [0.2, 0.25) is 15.9 Å². The summed E-state index contributed by atoms with van der Waals surface area (Å²) in [5.74, 6) is -1.70. The Balaban J connectivity index is 2.07. The zero-order valence-electron chi connectivity index (χ0n) is 15.8. The molecule has 0 atom stereocenters. The molecule has 2 N–H and O–H groups in total. The van der Waals surface area contributed by atoms with E-state index in [9.17, 15) is 23.1 Å². The summed E-state index contributed by atoms with van der Waals surface area (Å²) < 4.78 is 32.0. The number of sulfonamides is 1. The summed E-state index contributed by atoms with van der Waals surface area (Å²) in [5, 5.41) is 12.2. The minimum absolute atomic E-state index is 0.125. The van der Waals surface area contributed by atoms with E-state index in [-0.39, 0.29) is 35.4 Å². The summed E-state index contributed by atoms with van der Waals surface area (Å²) >= 11 is 0. The molecule has 9 heteroatoms. The monoisotopic (exact) mass is 398 g/mol. The Hall–Kier alpha value is -1.97. The number of rotatable bonds is 7. The van der Waals surface area contributed by atoms with Gasteiger partial charge in [-0.25, -0.2) is 13.2 Å². The highest BCUT2D eigenvalue weighted by Crippen LogP contribution is 2.26. The van der Waals surface area contributed by atoms with E-state index >= 15 is 0 Å². The zero-order chi connectivity index (χ0) is 20.2. The average Bonchev–Trinajstić information content (AvgIpc) is 2.61. The number of nitrogens with zero attached hydrogens (tertiary/aromatic N) is 1. The summed E-state index contributed by atoms with van der Waals surface area (Å²) in [5.41, 5.74) is -0.756. The van der Waals surface area contributed by atoms with Crippen LogP contribution in [0.2, 0.25) is 0 Å². The van der Waals surface area contributed by atoms with Crippen molar-refractivity contribution in [3.8, 4) is 0 Å². The minimum atomic E-state index is -3.93. The van der Waals surface area contributed by atoms with E-state index in [1.165, 1.54) is 28.6 Å². The number of carbonyl (C=O) groups excluding carboxylic acids is 1. The molecule has 0 spiro atoms. The Morgan fingerprint density at radius 3 is 2.41 bits per heavy atom. The van der Waals surface area contributed by atoms with Crippen molar-refractivity contribution in [3.05, 3.63) is 29.8 Å². The lowest BCUT2D eigenvalue weighted by Gasteiger charge is -2.33. The second-order valence-electron chi connectivity index (χ2n) is 7.29. The molecule has 0 radical (unpaired) electrons. The molecule has 8 nitrogen and oxygen atoms in total. The second kappa shape index (κ2) is 8.37. The standard InChI is InChI=1S/C18H26N2O6S/c1-18(2,12-26-3)19-16(21)13-8-10-20(11-9-13)27(24,25)15-7-5-4-6-14(15)17(22)23/h4-7,13H,8-12H2,1-3H3,(H,19,21)(H,22,23). The molecule has 0 unspecified atom stereocenters. The van der Waals surface area contributed by atoms with E-state index in [1.807, 2.05) is 13.8 Å². The number of ether oxygens (including phenoxy) is 1. The lowest BCUT2D eigenvalue weighted by molar-refractivity contribution is -0.128. The molecule has 1 aliphatic rings. The normalized spacial score (nSPS) is 16.9. The SMILES string of the molecule is COCC(C)(C)NC(=O)C1CCN(S(=O)(=O)c2ccccc2C(=O)O)CC1. The maximum Gasteiger partial charge on any atom is 0.337 e. The molecule has 1 heterocycles. The number of carboxylic acids is 1. The minimum Gasteiger partial charge on any atom is -0.478 e. The quantitative estimate of drug-likeness (QED) is 0.716. The van der Waals surface area contributed by atoms with Crippen molar-refractivity contribution in [2.45, 2.75) is 37.1 Å². The van der Waals surface area contributed by atoms with Crippen molar-refractivity contribution in [1.29, 1.82) is 0 Å². The van der Waals surface area contributed by atoms with Crippen LogP contribution < -0.4 is 5.32 Å². The van der Waals surface area contributed by atoms with Gasteiger partial charge in [0, 0.05) is 26.1 Å². The molecule has 0 bridgehead atoms. The van der Waals surface area contributed by atoms with Gasteiger partial charge < -0.3 is 15.2 Å². The summed E-state index contributed by atoms with van der Waals surface area (Å²) in [4.78, 5) is 23.6. The molecule has 0 aromatic heterocycles. The number of aromatic carboxylic acids is 1. The summed E-state index contributed by atoms with van der Waals surface area (Å²) in [7, 11) is -2.37. The van der Waals surface area contributed by atoms with Gasteiger partial charge in [0.1, 0.15) is 0 Å². The molecular weight excluding hydrogens is 372 g/mol. The smallest absolute Gasteiger partial charge is 0.337 e. The first-order valence-corrected chi connectivity index (χ1v) is 10.2. The molecule has 1 aromatic carbocycles. The van der Waals surface area contributed by atoms with Gasteiger partial charge in [0.15, 0.2) is 0 Å². The molecule has 150 valence electrons. The number of hydrogen-bond donors (Lipinski definition) is 2. The van der Waals surface area contributed by atoms with Crippen LogP contribution in [-0.4, -0.2) is 62.1 Å². The van der Waals surface area contributed by atoms with Crippen molar-refractivity contribution in [2.24, 2.45) is 5.92 Å². The fourth-order valence-corrected chi connectivity index (χ4v) is 4.85. The number of piperidine rings is 1. The van der Waals surface area contributed by atoms with E-state index < -0.39 is 21.5 Å². The van der Waals surface area contributed by atoms with E-state index in [1.54, 1.807) is 7.11 Å². The van der Waals surface area contributed by atoms with Gasteiger partial charge in [-0.2, -0.15) is 4.31 Å². The second-order valence-corrected chi connectivity index (χ2v) is 9.19. The topological polar surface area (TPSA) is 113 Å². The van der Waals surface area contributed by atoms with Gasteiger partial charge in [-0.15, -0.1) is 0 Å². The lowest BCUT2D eigenvalue weighted by atomic mass is 9.95. The van der Waals surface area contributed by atoms with E-state index in [4.69, 9.17) is 4.74 Å². The molecule has 1 saturated heterocycles. The number of benzene rings is 1. The third-order valence-electron chi connectivity index (χ3n) is 4.53. The largest absolute Gasteiger partial charge is 0.478 e. The maximum absolute atomic E-state index is 12.8. The molecule has 0 saturated carbocycles. The fraction of sp³-hybridized carbons (Fsp3) is 0.556. The van der Waals surface area contributed by atoms with Crippen LogP contribution in [0.3, 0.4) is 0 Å². The van der Waals surface area contributed by atoms with Crippen LogP contribution in [-0.2, 0) is 19.6 Å². The van der Waals surface area contributed by atoms with Gasteiger partial charge in [-0.05, 0) is 38.8 Å². The van der Waals surface area contributed by atoms with Crippen LogP contribution in [0.5, 0.6) is 0 Å². The van der Waals surface area contributed by atoms with Gasteiger partial charge >= 0.3 is 5.97 Å². The first-order valence-electron chi connectivity index (χ1n) is 8.72. The fourth-order valence-electron chi connectivity index (χ4n) is 3.20. The Morgan fingerprint density at radius 2 is 1.85 bits per heavy atom. The Kier molecular flexibility index (Phi) is 6.61. The number of hydrogen-bond acceptors (Lipinski definition) is 5. The van der Waals surface area contributed by atoms with E-state index in [0.29, 0.717) is 19.4 Å². The molecule has 1 aliphatic heterocycles. The first-order chi connectivity index (χ1) is 12.6. The predicted molar refractivity (Wildman–Crippen MR) is 99.0 cm³/mol. The van der Waals surface area contributed by atoms with Gasteiger partial charge in [0.05, 0.1) is 22.6 Å². The molecule has 0 aliphatic carbocycles. The van der Waals surface area contributed by atoms with E-state index in [2.05, 4.69) is 5.32 Å². The third kappa shape index (κ3) is 5.06. The van der Waals surface area contributed by atoms with Crippen molar-refractivity contribution in [3.63, 3.8) is 0 Å². The van der Waals surface area contributed by atoms with Gasteiger partial charge in [0.25, 0.3) is 0 Å². The van der Waals surface area contributed by atoms with Crippen molar-refractivity contribution in [1.82, 2.24) is 9.62 Å². The Morgan fingerprint density at radius 1 is 1.26 bits per heavy atom. The number of carbonyl (C=O) groups is 2. The van der Waals surface area contributed by atoms with Gasteiger partial charge in [-0.1, -0.05) is 12.1 Å². The van der Waals surface area contributed by atoms with Crippen LogP contribution in [0.15, 0.2) is 29.2 Å². The zero-order valence-corrected chi connectivity index (χ0v) is 16.6. The highest BCUT2D eigenvalue weighted by Gasteiger charge is 2.35. The molecule has 27 heavy (non-hydrogen) atoms. The average molecular weight is 398 g/mol. The highest BCUT2D eigenvalue weighted by atomic mass is 32.2. The van der Waals surface area contributed by atoms with Crippen LogP contribution >= 0.6 is 0 Å². The highest BCUT2D eigenvalue weighted by molar-refractivity contribution is 7.89. The van der Waals surface area contributed by atoms with Crippen molar-refractivity contribution >= 4 is 21.9 Å². The number of nitrogens with one attached hydrogen (secondary N) is 1. The molecule has 1 amide bonds. The molecule has 1 fully saturated rings.